The van der Waals surface area contributed by atoms with Crippen molar-refractivity contribution >= 4 is 16.1 Å². The molecular formula is C16H27EuSi2. The van der Waals surface area contributed by atoms with Crippen molar-refractivity contribution in [3.8, 4) is 0 Å². The van der Waals surface area contributed by atoms with Crippen LogP contribution in [0.25, 0.3) is 0 Å². The Morgan fingerprint density at radius 1 is 0.789 bits per heavy atom. The van der Waals surface area contributed by atoms with E-state index in [2.05, 4.69) is 75.7 Å². The monoisotopic (exact) mass is 428 g/mol. The van der Waals surface area contributed by atoms with Gasteiger partial charge in [-0.1, -0.05) is 39.3 Å². The van der Waals surface area contributed by atoms with Crippen molar-refractivity contribution < 1.29 is 50.8 Å². The van der Waals surface area contributed by atoms with Gasteiger partial charge in [0.25, 0.3) is 0 Å². The van der Waals surface area contributed by atoms with Crippen LogP contribution in [0.2, 0.25) is 39.3 Å². The summed E-state index contributed by atoms with van der Waals surface area (Å²) >= 11 is 0. The zero-order valence-electron chi connectivity index (χ0n) is 14.1. The predicted octanol–water partition coefficient (Wildman–Crippen LogP) is 5.22. The zero-order valence-corrected chi connectivity index (χ0v) is 17.5. The molecule has 0 unspecified atom stereocenters. The molecule has 0 aromatic rings. The summed E-state index contributed by atoms with van der Waals surface area (Å²) in [5.74, 6) is 0. The molecule has 0 aliphatic heterocycles. The van der Waals surface area contributed by atoms with Crippen LogP contribution >= 0.6 is 0 Å². The SMILES string of the molecule is C[Si](C)(C)C1=[C-]CC=C1.C[Si](C)(C)C1=[C-]CC=C1.[Eu+3].[H-]. The molecule has 3 heteroatoms. The Morgan fingerprint density at radius 2 is 1.11 bits per heavy atom. The Labute approximate surface area is 164 Å². The summed E-state index contributed by atoms with van der Waals surface area (Å²) in [5, 5.41) is 2.98. The molecule has 2 aliphatic rings. The van der Waals surface area contributed by atoms with Gasteiger partial charge in [0.15, 0.2) is 0 Å². The standard InChI is InChI=1S/2C8H13Si.Eu.H/c2*1-9(2,3)8-6-4-5-7-8;;/h2*4,6H,5H2,1-3H3;;/q2*-1;+3;-1. The largest absolute Gasteiger partial charge is 3.00 e. The molecule has 0 aromatic carbocycles. The normalized spacial score (nSPS) is 17.4. The molecule has 2 aliphatic carbocycles. The molecule has 0 heterocycles. The maximum absolute atomic E-state index is 3.36. The van der Waals surface area contributed by atoms with Crippen LogP contribution in [0, 0.1) is 61.5 Å². The van der Waals surface area contributed by atoms with Gasteiger partial charge in [-0.3, -0.25) is 12.2 Å². The van der Waals surface area contributed by atoms with Crippen LogP contribution in [0.15, 0.2) is 34.7 Å². The average Bonchev–Trinajstić information content (AvgIpc) is 2.91. The minimum atomic E-state index is -1.01. The van der Waals surface area contributed by atoms with E-state index in [1.807, 2.05) is 0 Å². The van der Waals surface area contributed by atoms with Gasteiger partial charge in [-0.05, 0) is 0 Å². The van der Waals surface area contributed by atoms with Crippen LogP contribution in [0.1, 0.15) is 14.3 Å². The maximum Gasteiger partial charge on any atom is 3.00 e. The van der Waals surface area contributed by atoms with Gasteiger partial charge in [0, 0.05) is 16.1 Å². The fraction of sp³-hybridized carbons (Fsp3) is 0.500. The first-order chi connectivity index (χ1) is 8.21. The van der Waals surface area contributed by atoms with Gasteiger partial charge in [-0.15, -0.1) is 12.8 Å². The Bertz CT molecular complexity index is 367. The summed E-state index contributed by atoms with van der Waals surface area (Å²) in [6.07, 6.45) is 17.6. The second kappa shape index (κ2) is 8.43. The Kier molecular flexibility index (Phi) is 8.86. The van der Waals surface area contributed by atoms with E-state index in [-0.39, 0.29) is 50.8 Å². The molecule has 0 N–H and O–H groups in total. The number of rotatable bonds is 2. The van der Waals surface area contributed by atoms with E-state index in [0.29, 0.717) is 0 Å². The van der Waals surface area contributed by atoms with Crippen LogP contribution in [0.4, 0.5) is 0 Å². The summed E-state index contributed by atoms with van der Waals surface area (Å²) in [6.45, 7) is 14.1. The molecule has 106 valence electrons. The van der Waals surface area contributed by atoms with E-state index >= 15 is 0 Å². The van der Waals surface area contributed by atoms with E-state index in [9.17, 15) is 0 Å². The van der Waals surface area contributed by atoms with Gasteiger partial charge in [0.05, 0.1) is 0 Å². The molecule has 0 saturated carbocycles. The fourth-order valence-corrected chi connectivity index (χ4v) is 4.34. The maximum atomic E-state index is 3.36. The summed E-state index contributed by atoms with van der Waals surface area (Å²) in [6, 6.07) is 0. The van der Waals surface area contributed by atoms with Gasteiger partial charge in [0.1, 0.15) is 0 Å². The average molecular weight is 428 g/mol. The molecule has 0 bridgehead atoms. The molecule has 0 radical (unpaired) electrons. The van der Waals surface area contributed by atoms with Crippen molar-refractivity contribution in [1.82, 2.24) is 0 Å². The third-order valence-corrected chi connectivity index (χ3v) is 6.92. The quantitative estimate of drug-likeness (QED) is 0.419. The third-order valence-electron chi connectivity index (χ3n) is 3.01. The van der Waals surface area contributed by atoms with Crippen molar-refractivity contribution in [2.24, 2.45) is 0 Å². The van der Waals surface area contributed by atoms with Crippen LogP contribution in [0.5, 0.6) is 0 Å². The molecule has 2 rings (SSSR count). The van der Waals surface area contributed by atoms with Crippen molar-refractivity contribution in [3.05, 3.63) is 46.8 Å². The first kappa shape index (κ1) is 20.0. The van der Waals surface area contributed by atoms with Gasteiger partial charge >= 0.3 is 49.4 Å². The topological polar surface area (TPSA) is 0 Å². The van der Waals surface area contributed by atoms with E-state index in [4.69, 9.17) is 0 Å². The van der Waals surface area contributed by atoms with Gasteiger partial charge < -0.3 is 1.43 Å². The predicted molar refractivity (Wildman–Crippen MR) is 88.8 cm³/mol. The molecule has 0 atom stereocenters. The van der Waals surface area contributed by atoms with Crippen molar-refractivity contribution in [2.45, 2.75) is 52.1 Å². The fourth-order valence-electron chi connectivity index (χ4n) is 1.84. The van der Waals surface area contributed by atoms with Crippen LogP contribution in [0.3, 0.4) is 0 Å². The molecule has 0 aromatic heterocycles. The number of hydrogen-bond donors (Lipinski definition) is 0. The Hall–Kier alpha value is 0.978. The van der Waals surface area contributed by atoms with Crippen LogP contribution in [-0.4, -0.2) is 16.1 Å². The van der Waals surface area contributed by atoms with E-state index in [0.717, 1.165) is 12.8 Å². The van der Waals surface area contributed by atoms with Gasteiger partial charge in [-0.2, -0.15) is 12.2 Å². The minimum Gasteiger partial charge on any atom is -1.00 e. The van der Waals surface area contributed by atoms with E-state index in [1.54, 1.807) is 0 Å². The molecule has 0 saturated heterocycles. The van der Waals surface area contributed by atoms with Crippen molar-refractivity contribution in [3.63, 3.8) is 0 Å². The van der Waals surface area contributed by atoms with Crippen LogP contribution < -0.4 is 0 Å². The molecule has 0 amide bonds. The zero-order chi connectivity index (χ0) is 13.8. The van der Waals surface area contributed by atoms with Gasteiger partial charge in [-0.25, -0.2) is 22.5 Å². The number of hydrogen-bond acceptors (Lipinski definition) is 0. The molecule has 19 heavy (non-hydrogen) atoms. The first-order valence-corrected chi connectivity index (χ1v) is 13.8. The first-order valence-electron chi connectivity index (χ1n) is 6.77. The third kappa shape index (κ3) is 7.52. The summed E-state index contributed by atoms with van der Waals surface area (Å²) in [7, 11) is -2.01. The van der Waals surface area contributed by atoms with E-state index < -0.39 is 16.1 Å². The molecule has 0 spiro atoms. The second-order valence-electron chi connectivity index (χ2n) is 6.89. The smallest absolute Gasteiger partial charge is 1.00 e. The molecule has 0 nitrogen and oxygen atoms in total. The summed E-state index contributed by atoms with van der Waals surface area (Å²) < 4.78 is 0. The van der Waals surface area contributed by atoms with E-state index in [1.165, 1.54) is 10.4 Å². The number of allylic oxidation sites excluding steroid dienone is 8. The van der Waals surface area contributed by atoms with Crippen molar-refractivity contribution in [1.29, 1.82) is 0 Å². The summed E-state index contributed by atoms with van der Waals surface area (Å²) in [4.78, 5) is 0. The molecular weight excluding hydrogens is 400 g/mol. The second-order valence-corrected chi connectivity index (χ2v) is 17.0. The molecule has 0 fully saturated rings. The summed E-state index contributed by atoms with van der Waals surface area (Å²) in [5.41, 5.74) is 0. The van der Waals surface area contributed by atoms with Crippen molar-refractivity contribution in [2.75, 3.05) is 0 Å². The Morgan fingerprint density at radius 3 is 1.21 bits per heavy atom. The Balaban J connectivity index is 0. The van der Waals surface area contributed by atoms with Gasteiger partial charge in [0.2, 0.25) is 0 Å². The minimum absolute atomic E-state index is 0. The van der Waals surface area contributed by atoms with Crippen LogP contribution in [-0.2, 0) is 0 Å².